The number of nitrogens with one attached hydrogen (secondary N) is 2. The Bertz CT molecular complexity index is 596. The normalized spacial score (nSPS) is 22.7. The van der Waals surface area contributed by atoms with Crippen LogP contribution < -0.4 is 11.1 Å². The van der Waals surface area contributed by atoms with E-state index in [1.807, 2.05) is 24.3 Å². The molecule has 3 rings (SSSR count). The first kappa shape index (κ1) is 11.1. The quantitative estimate of drug-likeness (QED) is 0.708. The summed E-state index contributed by atoms with van der Waals surface area (Å²) in [6.45, 7) is 2.20. The van der Waals surface area contributed by atoms with Crippen LogP contribution in [0.5, 0.6) is 0 Å². The molecule has 94 valence electrons. The van der Waals surface area contributed by atoms with Crippen molar-refractivity contribution in [2.45, 2.75) is 25.8 Å². The first-order valence-corrected chi connectivity index (χ1v) is 6.31. The lowest BCUT2D eigenvalue weighted by atomic mass is 9.82. The second-order valence-electron chi connectivity index (χ2n) is 5.28. The average molecular weight is 243 g/mol. The van der Waals surface area contributed by atoms with Gasteiger partial charge >= 0.3 is 0 Å². The first-order valence-electron chi connectivity index (χ1n) is 6.31. The standard InChI is InChI=1S/C14H17N3O/c1-8-4-11(5-8)16-14(18)13-7-9-6-10(15)2-3-12(9)17-13/h2-3,6-8,11,17H,4-5,15H2,1H3,(H,16,18). The molecule has 1 aromatic heterocycles. The smallest absolute Gasteiger partial charge is 0.267 e. The third-order valence-electron chi connectivity index (χ3n) is 3.60. The molecule has 4 N–H and O–H groups in total. The van der Waals surface area contributed by atoms with Gasteiger partial charge in [0.05, 0.1) is 0 Å². The highest BCUT2D eigenvalue weighted by Gasteiger charge is 2.27. The Labute approximate surface area is 106 Å². The van der Waals surface area contributed by atoms with Gasteiger partial charge in [-0.2, -0.15) is 0 Å². The van der Waals surface area contributed by atoms with E-state index in [1.54, 1.807) is 0 Å². The Morgan fingerprint density at radius 1 is 1.39 bits per heavy atom. The van der Waals surface area contributed by atoms with Crippen molar-refractivity contribution in [1.29, 1.82) is 0 Å². The van der Waals surface area contributed by atoms with Crippen LogP contribution in [0.25, 0.3) is 10.9 Å². The molecule has 2 aromatic rings. The molecule has 0 spiro atoms. The van der Waals surface area contributed by atoms with Crippen LogP contribution in [0.15, 0.2) is 24.3 Å². The molecule has 4 nitrogen and oxygen atoms in total. The fourth-order valence-corrected chi connectivity index (χ4v) is 2.56. The van der Waals surface area contributed by atoms with E-state index in [2.05, 4.69) is 17.2 Å². The number of fused-ring (bicyclic) bond motifs is 1. The van der Waals surface area contributed by atoms with E-state index >= 15 is 0 Å². The number of amides is 1. The van der Waals surface area contributed by atoms with Crippen LogP contribution in [0.2, 0.25) is 0 Å². The van der Waals surface area contributed by atoms with Crippen molar-refractivity contribution in [3.8, 4) is 0 Å². The summed E-state index contributed by atoms with van der Waals surface area (Å²) in [5.74, 6) is 0.708. The van der Waals surface area contributed by atoms with Crippen LogP contribution in [-0.2, 0) is 0 Å². The van der Waals surface area contributed by atoms with E-state index in [0.29, 0.717) is 17.4 Å². The van der Waals surface area contributed by atoms with E-state index in [0.717, 1.165) is 29.7 Å². The van der Waals surface area contributed by atoms with Crippen LogP contribution >= 0.6 is 0 Å². The summed E-state index contributed by atoms with van der Waals surface area (Å²) in [4.78, 5) is 15.2. The van der Waals surface area contributed by atoms with E-state index in [-0.39, 0.29) is 5.91 Å². The largest absolute Gasteiger partial charge is 0.399 e. The topological polar surface area (TPSA) is 70.9 Å². The average Bonchev–Trinajstić information content (AvgIpc) is 2.69. The number of H-pyrrole nitrogens is 1. The molecule has 0 bridgehead atoms. The molecule has 0 aliphatic heterocycles. The Morgan fingerprint density at radius 2 is 2.17 bits per heavy atom. The summed E-state index contributed by atoms with van der Waals surface area (Å²) in [5.41, 5.74) is 7.98. The fourth-order valence-electron chi connectivity index (χ4n) is 2.56. The van der Waals surface area contributed by atoms with Gasteiger partial charge in [0.25, 0.3) is 5.91 Å². The summed E-state index contributed by atoms with van der Waals surface area (Å²) in [6, 6.07) is 7.78. The number of aromatic nitrogens is 1. The maximum Gasteiger partial charge on any atom is 0.267 e. The van der Waals surface area contributed by atoms with Gasteiger partial charge in [0.2, 0.25) is 0 Å². The maximum absolute atomic E-state index is 12.0. The molecular formula is C14H17N3O. The second-order valence-corrected chi connectivity index (χ2v) is 5.28. The summed E-state index contributed by atoms with van der Waals surface area (Å²) in [6.07, 6.45) is 2.16. The molecule has 1 aliphatic carbocycles. The molecule has 0 saturated heterocycles. The van der Waals surface area contributed by atoms with Gasteiger partial charge in [0, 0.05) is 22.6 Å². The molecule has 4 heteroatoms. The minimum atomic E-state index is -0.0262. The van der Waals surface area contributed by atoms with Crippen LogP contribution in [0.1, 0.15) is 30.3 Å². The number of nitrogens with two attached hydrogens (primary N) is 1. The van der Waals surface area contributed by atoms with Crippen molar-refractivity contribution in [3.05, 3.63) is 30.0 Å². The van der Waals surface area contributed by atoms with Gasteiger partial charge in [-0.25, -0.2) is 0 Å². The maximum atomic E-state index is 12.0. The summed E-state index contributed by atoms with van der Waals surface area (Å²) in [7, 11) is 0. The van der Waals surface area contributed by atoms with Gasteiger partial charge in [-0.1, -0.05) is 6.92 Å². The number of nitrogen functional groups attached to an aromatic ring is 1. The highest BCUT2D eigenvalue weighted by molar-refractivity contribution is 5.98. The van der Waals surface area contributed by atoms with Crippen molar-refractivity contribution in [2.75, 3.05) is 5.73 Å². The monoisotopic (exact) mass is 243 g/mol. The van der Waals surface area contributed by atoms with E-state index in [4.69, 9.17) is 5.73 Å². The summed E-state index contributed by atoms with van der Waals surface area (Å²) >= 11 is 0. The Morgan fingerprint density at radius 3 is 2.89 bits per heavy atom. The van der Waals surface area contributed by atoms with E-state index in [1.165, 1.54) is 0 Å². The van der Waals surface area contributed by atoms with Gasteiger partial charge in [-0.05, 0) is 43.0 Å². The number of anilines is 1. The molecule has 1 saturated carbocycles. The number of hydrogen-bond acceptors (Lipinski definition) is 2. The third kappa shape index (κ3) is 1.94. The van der Waals surface area contributed by atoms with Gasteiger partial charge in [0.15, 0.2) is 0 Å². The number of rotatable bonds is 2. The lowest BCUT2D eigenvalue weighted by Gasteiger charge is -2.33. The molecule has 1 fully saturated rings. The molecule has 0 radical (unpaired) electrons. The fraction of sp³-hybridized carbons (Fsp3) is 0.357. The molecular weight excluding hydrogens is 226 g/mol. The van der Waals surface area contributed by atoms with Crippen molar-refractivity contribution in [2.24, 2.45) is 5.92 Å². The number of aromatic amines is 1. The number of carbonyl (C=O) groups excluding carboxylic acids is 1. The summed E-state index contributed by atoms with van der Waals surface area (Å²) < 4.78 is 0. The van der Waals surface area contributed by atoms with Gasteiger partial charge in [0.1, 0.15) is 5.69 Å². The van der Waals surface area contributed by atoms with Gasteiger partial charge in [-0.3, -0.25) is 4.79 Å². The summed E-state index contributed by atoms with van der Waals surface area (Å²) in [5, 5.41) is 4.01. The molecule has 1 aliphatic rings. The zero-order valence-corrected chi connectivity index (χ0v) is 10.4. The molecule has 1 aromatic carbocycles. The minimum Gasteiger partial charge on any atom is -0.399 e. The van der Waals surface area contributed by atoms with Crippen molar-refractivity contribution >= 4 is 22.5 Å². The molecule has 0 atom stereocenters. The SMILES string of the molecule is CC1CC(NC(=O)c2cc3cc(N)ccc3[nH]2)C1. The van der Waals surface area contributed by atoms with Crippen LogP contribution in [0, 0.1) is 5.92 Å². The van der Waals surface area contributed by atoms with Gasteiger partial charge < -0.3 is 16.0 Å². The van der Waals surface area contributed by atoms with E-state index in [9.17, 15) is 4.79 Å². The molecule has 1 heterocycles. The van der Waals surface area contributed by atoms with Gasteiger partial charge in [-0.15, -0.1) is 0 Å². The number of carbonyl (C=O) groups is 1. The Kier molecular flexibility index (Phi) is 2.51. The zero-order valence-electron chi connectivity index (χ0n) is 10.4. The highest BCUT2D eigenvalue weighted by Crippen LogP contribution is 2.26. The number of benzene rings is 1. The predicted octanol–water partition coefficient (Wildman–Crippen LogP) is 2.28. The Balaban J connectivity index is 1.79. The minimum absolute atomic E-state index is 0.0262. The lowest BCUT2D eigenvalue weighted by Crippen LogP contribution is -2.43. The van der Waals surface area contributed by atoms with Crippen molar-refractivity contribution < 1.29 is 4.79 Å². The number of hydrogen-bond donors (Lipinski definition) is 3. The van der Waals surface area contributed by atoms with Crippen LogP contribution in [-0.4, -0.2) is 16.9 Å². The van der Waals surface area contributed by atoms with Crippen LogP contribution in [0.3, 0.4) is 0 Å². The molecule has 1 amide bonds. The van der Waals surface area contributed by atoms with Crippen molar-refractivity contribution in [3.63, 3.8) is 0 Å². The first-order chi connectivity index (χ1) is 8.61. The Hall–Kier alpha value is -1.97. The highest BCUT2D eigenvalue weighted by atomic mass is 16.1. The molecule has 18 heavy (non-hydrogen) atoms. The predicted molar refractivity (Wildman–Crippen MR) is 72.4 cm³/mol. The zero-order chi connectivity index (χ0) is 12.7. The third-order valence-corrected chi connectivity index (χ3v) is 3.60. The lowest BCUT2D eigenvalue weighted by molar-refractivity contribution is 0.0892. The van der Waals surface area contributed by atoms with Crippen LogP contribution in [0.4, 0.5) is 5.69 Å². The van der Waals surface area contributed by atoms with Crippen molar-refractivity contribution in [1.82, 2.24) is 10.3 Å². The second kappa shape index (κ2) is 4.05. The van der Waals surface area contributed by atoms with E-state index < -0.39 is 0 Å². The molecule has 0 unspecified atom stereocenters.